The molecule has 3 N–H and O–H groups in total. The third-order valence-corrected chi connectivity index (χ3v) is 3.79. The molecule has 0 spiro atoms. The molecule has 1 aromatic carbocycles. The number of anilines is 2. The number of nitrogens with zero attached hydrogens (tertiary/aromatic N) is 2. The predicted octanol–water partition coefficient (Wildman–Crippen LogP) is 0.00290. The zero-order chi connectivity index (χ0) is 16.6. The molecule has 23 heavy (non-hydrogen) atoms. The largest absolute Gasteiger partial charge is 0.395 e. The van der Waals surface area contributed by atoms with Crippen LogP contribution in [-0.2, 0) is 16.1 Å². The first kappa shape index (κ1) is 15.0. The number of benzene rings is 1. The van der Waals surface area contributed by atoms with Crippen molar-refractivity contribution in [2.75, 3.05) is 30.4 Å². The van der Waals surface area contributed by atoms with Gasteiger partial charge in [0, 0.05) is 25.4 Å². The quantitative estimate of drug-likeness (QED) is 0.679. The van der Waals surface area contributed by atoms with Gasteiger partial charge < -0.3 is 15.7 Å². The number of aliphatic hydroxyl groups is 1. The summed E-state index contributed by atoms with van der Waals surface area (Å²) in [7, 11) is 1.66. The van der Waals surface area contributed by atoms with Crippen molar-refractivity contribution in [3.8, 4) is 0 Å². The third-order valence-electron chi connectivity index (χ3n) is 3.79. The van der Waals surface area contributed by atoms with E-state index in [1.165, 1.54) is 11.0 Å². The maximum atomic E-state index is 12.1. The summed E-state index contributed by atoms with van der Waals surface area (Å²) in [5.74, 6) is -0.936. The zero-order valence-electron chi connectivity index (χ0n) is 12.5. The van der Waals surface area contributed by atoms with Gasteiger partial charge in [0.15, 0.2) is 0 Å². The van der Waals surface area contributed by atoms with E-state index in [2.05, 4.69) is 10.6 Å². The molecule has 1 aromatic rings. The molecule has 0 atom stereocenters. The molecule has 8 heteroatoms. The molecule has 0 radical (unpaired) electrons. The van der Waals surface area contributed by atoms with Crippen LogP contribution in [0.1, 0.15) is 5.56 Å². The highest BCUT2D eigenvalue weighted by Crippen LogP contribution is 2.28. The Morgan fingerprint density at radius 2 is 2.09 bits per heavy atom. The lowest BCUT2D eigenvalue weighted by molar-refractivity contribution is -0.137. The van der Waals surface area contributed by atoms with Crippen molar-refractivity contribution in [3.05, 3.63) is 35.5 Å². The van der Waals surface area contributed by atoms with E-state index in [4.69, 9.17) is 5.11 Å². The highest BCUT2D eigenvalue weighted by Gasteiger charge is 2.31. The fourth-order valence-electron chi connectivity index (χ4n) is 2.57. The number of hydrogen-bond donors (Lipinski definition) is 3. The Hall–Kier alpha value is -2.87. The molecular formula is C15H16N4O4. The summed E-state index contributed by atoms with van der Waals surface area (Å²) in [6.45, 7) is 0.132. The summed E-state index contributed by atoms with van der Waals surface area (Å²) in [6, 6.07) is 5.18. The van der Waals surface area contributed by atoms with Gasteiger partial charge >= 0.3 is 6.03 Å². The molecule has 0 saturated carbocycles. The van der Waals surface area contributed by atoms with Crippen molar-refractivity contribution in [1.82, 2.24) is 10.2 Å². The van der Waals surface area contributed by atoms with Gasteiger partial charge in [-0.05, 0) is 17.7 Å². The molecule has 2 heterocycles. The molecule has 0 aromatic heterocycles. The highest BCUT2D eigenvalue weighted by molar-refractivity contribution is 6.17. The lowest BCUT2D eigenvalue weighted by atomic mass is 10.1. The molecule has 2 aliphatic rings. The van der Waals surface area contributed by atoms with Crippen LogP contribution in [0.4, 0.5) is 16.2 Å². The molecule has 4 amide bonds. The number of fused-ring (bicyclic) bond motifs is 1. The number of urea groups is 1. The molecule has 0 saturated heterocycles. The van der Waals surface area contributed by atoms with E-state index in [0.29, 0.717) is 12.2 Å². The van der Waals surface area contributed by atoms with E-state index in [9.17, 15) is 14.4 Å². The standard InChI is InChI=1S/C15H16N4O4/c1-18-12-6-10(3-2-9(12)8-16-15(18)23)17-11-7-13(21)19(4-5-20)14(11)22/h2-3,6-7,17,20H,4-5,8H2,1H3,(H,16,23). The summed E-state index contributed by atoms with van der Waals surface area (Å²) in [6.07, 6.45) is 1.20. The van der Waals surface area contributed by atoms with Crippen LogP contribution in [-0.4, -0.2) is 48.1 Å². The molecule has 0 fully saturated rings. The first-order valence-electron chi connectivity index (χ1n) is 7.11. The summed E-state index contributed by atoms with van der Waals surface area (Å²) >= 11 is 0. The molecule has 2 aliphatic heterocycles. The van der Waals surface area contributed by atoms with Gasteiger partial charge in [0.05, 0.1) is 18.8 Å². The van der Waals surface area contributed by atoms with Gasteiger partial charge in [-0.15, -0.1) is 0 Å². The van der Waals surface area contributed by atoms with Crippen LogP contribution in [0.5, 0.6) is 0 Å². The molecule has 0 unspecified atom stereocenters. The van der Waals surface area contributed by atoms with Gasteiger partial charge in [-0.25, -0.2) is 4.79 Å². The van der Waals surface area contributed by atoms with Crippen molar-refractivity contribution < 1.29 is 19.5 Å². The minimum absolute atomic E-state index is 0.0353. The number of aliphatic hydroxyl groups excluding tert-OH is 1. The third kappa shape index (κ3) is 2.64. The summed E-state index contributed by atoms with van der Waals surface area (Å²) in [5.41, 5.74) is 2.44. The van der Waals surface area contributed by atoms with E-state index in [1.54, 1.807) is 19.2 Å². The van der Waals surface area contributed by atoms with Crippen molar-refractivity contribution in [3.63, 3.8) is 0 Å². The van der Waals surface area contributed by atoms with Crippen LogP contribution in [0.3, 0.4) is 0 Å². The van der Waals surface area contributed by atoms with Crippen molar-refractivity contribution >= 4 is 29.2 Å². The Labute approximate surface area is 132 Å². The maximum absolute atomic E-state index is 12.1. The van der Waals surface area contributed by atoms with Crippen molar-refractivity contribution in [1.29, 1.82) is 0 Å². The first-order valence-corrected chi connectivity index (χ1v) is 7.11. The number of imide groups is 1. The summed E-state index contributed by atoms with van der Waals surface area (Å²) in [4.78, 5) is 38.0. The normalized spacial score (nSPS) is 17.1. The molecule has 3 rings (SSSR count). The van der Waals surface area contributed by atoms with Gasteiger partial charge in [0.1, 0.15) is 5.70 Å². The smallest absolute Gasteiger partial charge is 0.321 e. The second-order valence-corrected chi connectivity index (χ2v) is 5.26. The Morgan fingerprint density at radius 1 is 1.30 bits per heavy atom. The van der Waals surface area contributed by atoms with E-state index in [0.717, 1.165) is 16.2 Å². The minimum atomic E-state index is -0.479. The maximum Gasteiger partial charge on any atom is 0.321 e. The topological polar surface area (TPSA) is 102 Å². The van der Waals surface area contributed by atoms with Crippen LogP contribution in [0, 0.1) is 0 Å². The van der Waals surface area contributed by atoms with Crippen molar-refractivity contribution in [2.24, 2.45) is 0 Å². The van der Waals surface area contributed by atoms with E-state index in [1.807, 2.05) is 6.07 Å². The Bertz CT molecular complexity index is 728. The second kappa shape index (κ2) is 5.73. The minimum Gasteiger partial charge on any atom is -0.395 e. The fourth-order valence-corrected chi connectivity index (χ4v) is 2.57. The van der Waals surface area contributed by atoms with Gasteiger partial charge in [-0.2, -0.15) is 0 Å². The Morgan fingerprint density at radius 3 is 2.83 bits per heavy atom. The number of hydrogen-bond acceptors (Lipinski definition) is 5. The van der Waals surface area contributed by atoms with E-state index < -0.39 is 11.8 Å². The Kier molecular flexibility index (Phi) is 3.75. The molecular weight excluding hydrogens is 300 g/mol. The van der Waals surface area contributed by atoms with Crippen LogP contribution in [0.25, 0.3) is 0 Å². The number of carbonyl (C=O) groups is 3. The first-order chi connectivity index (χ1) is 11.0. The fraction of sp³-hybridized carbons (Fsp3) is 0.267. The second-order valence-electron chi connectivity index (χ2n) is 5.26. The summed E-state index contributed by atoms with van der Waals surface area (Å²) in [5, 5.41) is 14.5. The average Bonchev–Trinajstić information content (AvgIpc) is 2.79. The van der Waals surface area contributed by atoms with Crippen LogP contribution < -0.4 is 15.5 Å². The summed E-state index contributed by atoms with van der Waals surface area (Å²) < 4.78 is 0. The van der Waals surface area contributed by atoms with E-state index in [-0.39, 0.29) is 24.9 Å². The van der Waals surface area contributed by atoms with Gasteiger partial charge in [-0.3, -0.25) is 19.4 Å². The molecule has 0 aliphatic carbocycles. The molecule has 8 nitrogen and oxygen atoms in total. The average molecular weight is 316 g/mol. The number of carbonyl (C=O) groups excluding carboxylic acids is 3. The van der Waals surface area contributed by atoms with Gasteiger partial charge in [0.25, 0.3) is 11.8 Å². The van der Waals surface area contributed by atoms with Crippen LogP contribution in [0.15, 0.2) is 30.0 Å². The number of nitrogens with one attached hydrogen (secondary N) is 2. The highest BCUT2D eigenvalue weighted by atomic mass is 16.3. The number of rotatable bonds is 4. The number of β-amino-alcohol motifs (C(OH)–C–C–N with tert-alkyl or cyclic N) is 1. The predicted molar refractivity (Wildman–Crippen MR) is 82.6 cm³/mol. The van der Waals surface area contributed by atoms with Crippen molar-refractivity contribution in [2.45, 2.75) is 6.54 Å². The monoisotopic (exact) mass is 316 g/mol. The van der Waals surface area contributed by atoms with Gasteiger partial charge in [-0.1, -0.05) is 6.07 Å². The SMILES string of the molecule is CN1C(=O)NCc2ccc(NC3=CC(=O)N(CCO)C3=O)cc21. The molecule has 120 valence electrons. The van der Waals surface area contributed by atoms with Crippen LogP contribution >= 0.6 is 0 Å². The molecule has 0 bridgehead atoms. The lowest BCUT2D eigenvalue weighted by Crippen LogP contribution is -2.41. The van der Waals surface area contributed by atoms with Gasteiger partial charge in [0.2, 0.25) is 0 Å². The number of amides is 4. The Balaban J connectivity index is 1.82. The lowest BCUT2D eigenvalue weighted by Gasteiger charge is -2.27. The zero-order valence-corrected chi connectivity index (χ0v) is 12.5. The van der Waals surface area contributed by atoms with E-state index >= 15 is 0 Å². The van der Waals surface area contributed by atoms with Crippen LogP contribution in [0.2, 0.25) is 0 Å².